The van der Waals surface area contributed by atoms with Gasteiger partial charge < -0.3 is 42.8 Å². The first-order valence-electron chi connectivity index (χ1n) is 14.3. The second-order valence-electron chi connectivity index (χ2n) is 11.6. The molecule has 0 radical (unpaired) electrons. The number of rotatable bonds is 9. The molecule has 0 unspecified atom stereocenters. The Hall–Kier alpha value is -5.03. The molecule has 5 rings (SSSR count). The van der Waals surface area contributed by atoms with E-state index in [1.807, 2.05) is 0 Å². The fourth-order valence-electron chi connectivity index (χ4n) is 4.96. The normalized spacial score (nSPS) is 21.8. The maximum atomic E-state index is 12.8. The Kier molecular flexibility index (Phi) is 8.72. The van der Waals surface area contributed by atoms with Gasteiger partial charge in [-0.2, -0.15) is 4.98 Å². The first-order valence-corrected chi connectivity index (χ1v) is 14.3. The van der Waals surface area contributed by atoms with Crippen molar-refractivity contribution in [3.8, 4) is 0 Å². The van der Waals surface area contributed by atoms with E-state index in [9.17, 15) is 29.1 Å². The summed E-state index contributed by atoms with van der Waals surface area (Å²) in [6, 6.07) is 1.06. The van der Waals surface area contributed by atoms with Crippen LogP contribution in [0.1, 0.15) is 52.4 Å². The Morgan fingerprint density at radius 1 is 1.13 bits per heavy atom. The van der Waals surface area contributed by atoms with Crippen molar-refractivity contribution < 1.29 is 47.3 Å². The molecule has 3 N–H and O–H groups in total. The highest BCUT2D eigenvalue weighted by Crippen LogP contribution is 2.47. The first kappa shape index (κ1) is 32.4. The van der Waals surface area contributed by atoms with E-state index < -0.39 is 71.9 Å². The molecule has 3 aromatic rings. The summed E-state index contributed by atoms with van der Waals surface area (Å²) in [5.41, 5.74) is -2.64. The Morgan fingerprint density at radius 3 is 2.50 bits per heavy atom. The molecule has 4 atom stereocenters. The third-order valence-electron chi connectivity index (χ3n) is 7.36. The molecule has 17 nitrogen and oxygen atoms in total. The Morgan fingerprint density at radius 2 is 1.85 bits per heavy atom. The van der Waals surface area contributed by atoms with Crippen molar-refractivity contribution in [2.75, 3.05) is 17.2 Å². The van der Waals surface area contributed by atoms with Crippen molar-refractivity contribution in [1.82, 2.24) is 9.55 Å². The summed E-state index contributed by atoms with van der Waals surface area (Å²) in [5.74, 6) is -2.62. The summed E-state index contributed by atoms with van der Waals surface area (Å²) >= 11 is 0. The zero-order chi connectivity index (χ0) is 33.5. The molecule has 1 amide bonds. The minimum Gasteiger partial charge on any atom is -0.463 e. The van der Waals surface area contributed by atoms with Crippen LogP contribution in [0.3, 0.4) is 0 Å². The van der Waals surface area contributed by atoms with Crippen LogP contribution < -0.4 is 22.0 Å². The monoisotopic (exact) mass is 643 g/mol. The predicted molar refractivity (Wildman–Crippen MR) is 159 cm³/mol. The number of aliphatic imine (C=N–C) groups is 1. The summed E-state index contributed by atoms with van der Waals surface area (Å²) in [6.07, 6.45) is -1.86. The molecule has 1 fully saturated rings. The van der Waals surface area contributed by atoms with E-state index >= 15 is 0 Å². The molecule has 2 aliphatic heterocycles. The second-order valence-corrected chi connectivity index (χ2v) is 11.6. The van der Waals surface area contributed by atoms with Crippen molar-refractivity contribution >= 4 is 52.5 Å². The van der Waals surface area contributed by atoms with Gasteiger partial charge in [0.05, 0.1) is 29.2 Å². The number of aryl methyl sites for hydroxylation is 1. The molecule has 0 spiro atoms. The van der Waals surface area contributed by atoms with Crippen molar-refractivity contribution in [3.05, 3.63) is 44.8 Å². The number of hydrogen-bond acceptors (Lipinski definition) is 15. The molecule has 0 aliphatic carbocycles. The van der Waals surface area contributed by atoms with Gasteiger partial charge in [0.1, 0.15) is 29.9 Å². The van der Waals surface area contributed by atoms with Crippen LogP contribution in [0.5, 0.6) is 0 Å². The number of carbonyl (C=O) groups is 3. The third kappa shape index (κ3) is 6.23. The van der Waals surface area contributed by atoms with Crippen LogP contribution in [-0.2, 0) is 35.1 Å². The molecule has 17 heteroatoms. The molecule has 246 valence electrons. The molecule has 0 bridgehead atoms. The van der Waals surface area contributed by atoms with Gasteiger partial charge in [0.2, 0.25) is 0 Å². The van der Waals surface area contributed by atoms with E-state index in [0.717, 1.165) is 6.07 Å². The smallest absolute Gasteiger partial charge is 0.463 e. The quantitative estimate of drug-likeness (QED) is 0.225. The number of nitrogens with zero attached hydrogens (tertiary/aromatic N) is 3. The number of carbonyl (C=O) groups excluding carboxylic acids is 3. The highest BCUT2D eigenvalue weighted by molar-refractivity contribution is 6.12. The predicted octanol–water partition coefficient (Wildman–Crippen LogP) is 2.50. The SMILES string of the molecule is Cc1oc(=O)oc1COC(=O)Nc1cc(=O)nc2c3c(n([C@@H]4O[C@H](COC(=O)C(C)C)[C@@H](OC(=O)C(C)C)[C@@]4(C)O)cc13)N=CN2. The van der Waals surface area contributed by atoms with Crippen molar-refractivity contribution in [2.24, 2.45) is 16.8 Å². The van der Waals surface area contributed by atoms with Crippen LogP contribution in [-0.4, -0.2) is 63.4 Å². The number of aliphatic hydroxyl groups is 1. The maximum absolute atomic E-state index is 12.8. The van der Waals surface area contributed by atoms with Crippen molar-refractivity contribution in [3.63, 3.8) is 0 Å². The van der Waals surface area contributed by atoms with Gasteiger partial charge in [-0.1, -0.05) is 27.7 Å². The van der Waals surface area contributed by atoms with Crippen LogP contribution in [0.25, 0.3) is 10.8 Å². The lowest BCUT2D eigenvalue weighted by Gasteiger charge is -2.31. The van der Waals surface area contributed by atoms with Gasteiger partial charge in [0, 0.05) is 17.6 Å². The number of esters is 2. The van der Waals surface area contributed by atoms with Crippen LogP contribution in [0.4, 0.5) is 22.1 Å². The number of anilines is 2. The van der Waals surface area contributed by atoms with Crippen LogP contribution >= 0.6 is 0 Å². The lowest BCUT2D eigenvalue weighted by Crippen LogP contribution is -2.48. The average Bonchev–Trinajstić information content (AvgIpc) is 3.57. The van der Waals surface area contributed by atoms with E-state index in [-0.39, 0.29) is 46.2 Å². The van der Waals surface area contributed by atoms with E-state index in [2.05, 4.69) is 20.6 Å². The molecule has 5 heterocycles. The highest BCUT2D eigenvalue weighted by Gasteiger charge is 2.57. The van der Waals surface area contributed by atoms with E-state index in [1.54, 1.807) is 27.7 Å². The highest BCUT2D eigenvalue weighted by atomic mass is 16.6. The van der Waals surface area contributed by atoms with Gasteiger partial charge in [0.15, 0.2) is 30.5 Å². The fourth-order valence-corrected chi connectivity index (χ4v) is 4.96. The topological polar surface area (TPSA) is 223 Å². The molecule has 2 aliphatic rings. The van der Waals surface area contributed by atoms with E-state index in [1.165, 1.54) is 30.9 Å². The molecule has 1 saturated heterocycles. The van der Waals surface area contributed by atoms with Crippen molar-refractivity contribution in [2.45, 2.75) is 72.2 Å². The lowest BCUT2D eigenvalue weighted by molar-refractivity contribution is -0.169. The zero-order valence-electron chi connectivity index (χ0n) is 25.8. The van der Waals surface area contributed by atoms with Crippen LogP contribution in [0.2, 0.25) is 0 Å². The molecular formula is C29H33N5O12. The minimum atomic E-state index is -1.90. The zero-order valence-corrected chi connectivity index (χ0v) is 25.8. The number of amides is 1. The molecular weight excluding hydrogens is 610 g/mol. The number of aromatic nitrogens is 2. The number of ether oxygens (including phenoxy) is 4. The molecule has 0 aromatic carbocycles. The van der Waals surface area contributed by atoms with Crippen LogP contribution in [0.15, 0.2) is 35.7 Å². The van der Waals surface area contributed by atoms with Gasteiger partial charge in [-0.15, -0.1) is 0 Å². The number of nitrogens with one attached hydrogen (secondary N) is 2. The summed E-state index contributed by atoms with van der Waals surface area (Å²) in [6.45, 7) is 8.69. The van der Waals surface area contributed by atoms with Gasteiger partial charge in [-0.05, 0) is 13.8 Å². The first-order chi connectivity index (χ1) is 21.7. The van der Waals surface area contributed by atoms with Gasteiger partial charge in [-0.25, -0.2) is 14.6 Å². The van der Waals surface area contributed by atoms with Gasteiger partial charge in [0.25, 0.3) is 5.56 Å². The van der Waals surface area contributed by atoms with Gasteiger partial charge in [-0.3, -0.25) is 19.7 Å². The largest absolute Gasteiger partial charge is 0.519 e. The Balaban J connectivity index is 1.53. The Labute approximate surface area is 260 Å². The molecule has 0 saturated carbocycles. The maximum Gasteiger partial charge on any atom is 0.519 e. The average molecular weight is 644 g/mol. The molecule has 3 aromatic heterocycles. The number of hydrogen-bond donors (Lipinski definition) is 3. The summed E-state index contributed by atoms with van der Waals surface area (Å²) < 4.78 is 33.5. The summed E-state index contributed by atoms with van der Waals surface area (Å²) in [5, 5.41) is 17.7. The van der Waals surface area contributed by atoms with E-state index in [0.29, 0.717) is 0 Å². The summed E-state index contributed by atoms with van der Waals surface area (Å²) in [4.78, 5) is 70.1. The molecule has 46 heavy (non-hydrogen) atoms. The minimum absolute atomic E-state index is 0.000671. The van der Waals surface area contributed by atoms with E-state index in [4.69, 9.17) is 27.8 Å². The van der Waals surface area contributed by atoms with Gasteiger partial charge >= 0.3 is 23.9 Å². The van der Waals surface area contributed by atoms with Crippen LogP contribution in [0, 0.1) is 18.8 Å². The second kappa shape index (κ2) is 12.4. The third-order valence-corrected chi connectivity index (χ3v) is 7.36. The standard InChI is InChI=1S/C29H33N5O12/c1-12(2)24(36)41-10-18-21(46-25(37)13(3)4)29(6,40)26(44-18)34-8-15-16(7-19(35)33-22-20(15)23(34)31-11-30-22)32-27(38)42-9-17-14(5)43-28(39)45-17/h7-8,11-13,18,21,26,40H,9-10H2,1-6H3,(H,32,38)(H,30,31,33,35)/t18-,21-,26-,29-/m1/s1. The van der Waals surface area contributed by atoms with Crippen molar-refractivity contribution in [1.29, 1.82) is 0 Å². The summed E-state index contributed by atoms with van der Waals surface area (Å²) in [7, 11) is 0. The lowest BCUT2D eigenvalue weighted by atomic mass is 9.96. The Bertz CT molecular complexity index is 1840. The fraction of sp³-hybridized carbons (Fsp3) is 0.483.